The van der Waals surface area contributed by atoms with Crippen LogP contribution in [0, 0.1) is 40.8 Å². The normalized spacial score (nSPS) is 26.7. The highest BCUT2D eigenvalue weighted by molar-refractivity contribution is 6.32. The van der Waals surface area contributed by atoms with Crippen LogP contribution in [0.2, 0.25) is 5.02 Å². The van der Waals surface area contributed by atoms with Crippen LogP contribution in [0.5, 0.6) is 23.0 Å². The number of ether oxygens (including phenoxy) is 2. The standard InChI is InChI=1S/C38H32ClFN2O10/c1-38-24(10-4-17-12-29(51-2)32(44)30(13-17)52-3)20-8-9-22-31(35(47)41(33(22)45)19-5-7-21(36(48)49)28(43)15-19)23(20)16-25(38)34(46)42(37(38)50)18-6-11-27(40)26(39)14-18/h4-8,10-15,22-25,31,43-44H,9,16H2,1-3H3,(H,48,49). The van der Waals surface area contributed by atoms with Crippen LogP contribution >= 0.6 is 11.6 Å². The summed E-state index contributed by atoms with van der Waals surface area (Å²) in [7, 11) is 2.76. The predicted octanol–water partition coefficient (Wildman–Crippen LogP) is 5.59. The number of carbonyl (C=O) groups is 5. The number of carbonyl (C=O) groups excluding carboxylic acids is 4. The van der Waals surface area contributed by atoms with Gasteiger partial charge >= 0.3 is 5.97 Å². The van der Waals surface area contributed by atoms with E-state index in [0.29, 0.717) is 11.1 Å². The van der Waals surface area contributed by atoms with E-state index in [1.54, 1.807) is 31.2 Å². The molecule has 268 valence electrons. The molecule has 3 aromatic rings. The Labute approximate surface area is 301 Å². The molecule has 52 heavy (non-hydrogen) atoms. The van der Waals surface area contributed by atoms with Crippen molar-refractivity contribution in [1.29, 1.82) is 0 Å². The Morgan fingerprint density at radius 1 is 0.923 bits per heavy atom. The number of hydrogen-bond acceptors (Lipinski definition) is 9. The van der Waals surface area contributed by atoms with Crippen LogP contribution < -0.4 is 19.3 Å². The van der Waals surface area contributed by atoms with E-state index >= 15 is 0 Å². The summed E-state index contributed by atoms with van der Waals surface area (Å²) in [5, 5.41) is 29.9. The van der Waals surface area contributed by atoms with Gasteiger partial charge in [0.05, 0.1) is 53.8 Å². The van der Waals surface area contributed by atoms with Gasteiger partial charge in [0.1, 0.15) is 17.1 Å². The molecule has 3 N–H and O–H groups in total. The topological polar surface area (TPSA) is 171 Å². The summed E-state index contributed by atoms with van der Waals surface area (Å²) in [5.41, 5.74) is -0.479. The first-order valence-electron chi connectivity index (χ1n) is 16.3. The van der Waals surface area contributed by atoms with E-state index in [1.807, 2.05) is 6.08 Å². The lowest BCUT2D eigenvalue weighted by molar-refractivity contribution is -0.132. The van der Waals surface area contributed by atoms with Crippen molar-refractivity contribution in [3.05, 3.63) is 88.2 Å². The maximum Gasteiger partial charge on any atom is 0.339 e. The molecule has 2 aliphatic carbocycles. The summed E-state index contributed by atoms with van der Waals surface area (Å²) in [6.45, 7) is 1.68. The van der Waals surface area contributed by atoms with E-state index in [9.17, 15) is 43.7 Å². The minimum absolute atomic E-state index is 0.00672. The summed E-state index contributed by atoms with van der Waals surface area (Å²) in [6, 6.07) is 10.1. The molecule has 0 spiro atoms. The van der Waals surface area contributed by atoms with Crippen molar-refractivity contribution in [1.82, 2.24) is 0 Å². The maximum atomic E-state index is 14.5. The van der Waals surface area contributed by atoms with Crippen LogP contribution in [0.3, 0.4) is 0 Å². The SMILES string of the molecule is COc1cc(C=CC2C3=CCC4C(=O)N(c5ccc(C(=O)O)c(O)c5)C(=O)C4C3CC3C(=O)N(c4ccc(F)c(Cl)c4)C(=O)C23C)cc(OC)c1O. The first-order valence-corrected chi connectivity index (χ1v) is 16.7. The zero-order valence-electron chi connectivity index (χ0n) is 28.0. The highest BCUT2D eigenvalue weighted by Crippen LogP contribution is 2.61. The Balaban J connectivity index is 1.33. The van der Waals surface area contributed by atoms with Gasteiger partial charge in [0.15, 0.2) is 11.5 Å². The van der Waals surface area contributed by atoms with Crippen LogP contribution in [-0.2, 0) is 19.2 Å². The second-order valence-corrected chi connectivity index (χ2v) is 13.9. The van der Waals surface area contributed by atoms with Gasteiger partial charge < -0.3 is 24.8 Å². The molecule has 6 atom stereocenters. The minimum atomic E-state index is -1.39. The lowest BCUT2D eigenvalue weighted by atomic mass is 9.52. The molecule has 0 bridgehead atoms. The number of aromatic carboxylic acids is 1. The third kappa shape index (κ3) is 5.05. The van der Waals surface area contributed by atoms with Crippen LogP contribution in [-0.4, -0.2) is 59.1 Å². The molecule has 4 aliphatic rings. The van der Waals surface area contributed by atoms with Crippen molar-refractivity contribution in [2.24, 2.45) is 35.0 Å². The molecule has 12 nitrogen and oxygen atoms in total. The van der Waals surface area contributed by atoms with Crippen molar-refractivity contribution in [3.63, 3.8) is 0 Å². The van der Waals surface area contributed by atoms with E-state index in [4.69, 9.17) is 21.1 Å². The van der Waals surface area contributed by atoms with Gasteiger partial charge in [-0.15, -0.1) is 0 Å². The number of fused-ring (bicyclic) bond motifs is 4. The third-order valence-corrected chi connectivity index (χ3v) is 11.3. The average Bonchev–Trinajstić information content (AvgIpc) is 3.48. The molecule has 1 saturated carbocycles. The van der Waals surface area contributed by atoms with E-state index < -0.39 is 81.7 Å². The quantitative estimate of drug-likeness (QED) is 0.206. The first kappa shape index (κ1) is 34.7. The zero-order valence-corrected chi connectivity index (χ0v) is 28.8. The van der Waals surface area contributed by atoms with Crippen molar-refractivity contribution >= 4 is 58.6 Å². The number of phenolic OH excluding ortho intramolecular Hbond substituents is 1. The molecular weight excluding hydrogens is 699 g/mol. The average molecular weight is 731 g/mol. The number of hydrogen-bond donors (Lipinski definition) is 3. The fourth-order valence-corrected chi connectivity index (χ4v) is 8.58. The minimum Gasteiger partial charge on any atom is -0.507 e. The monoisotopic (exact) mass is 730 g/mol. The van der Waals surface area contributed by atoms with Crippen molar-refractivity contribution in [2.75, 3.05) is 24.0 Å². The molecule has 0 radical (unpaired) electrons. The highest BCUT2D eigenvalue weighted by atomic mass is 35.5. The number of phenols is 2. The molecular formula is C38H32ClFN2O10. The van der Waals surface area contributed by atoms with E-state index in [2.05, 4.69) is 0 Å². The van der Waals surface area contributed by atoms with Gasteiger partial charge in [0, 0.05) is 12.0 Å². The van der Waals surface area contributed by atoms with Gasteiger partial charge in [0.2, 0.25) is 29.4 Å². The molecule has 3 aromatic carbocycles. The first-order chi connectivity index (χ1) is 24.7. The van der Waals surface area contributed by atoms with Gasteiger partial charge in [-0.25, -0.2) is 19.0 Å². The molecule has 14 heteroatoms. The fraction of sp³-hybridized carbons (Fsp3) is 0.289. The lowest BCUT2D eigenvalue weighted by Crippen LogP contribution is -2.49. The molecule has 2 saturated heterocycles. The molecule has 2 aliphatic heterocycles. The number of aromatic hydroxyl groups is 2. The number of allylic oxidation sites excluding steroid dienone is 3. The van der Waals surface area contributed by atoms with E-state index in [1.165, 1.54) is 32.4 Å². The largest absolute Gasteiger partial charge is 0.507 e. The van der Waals surface area contributed by atoms with Gasteiger partial charge in [-0.3, -0.25) is 19.2 Å². The molecule has 6 unspecified atom stereocenters. The van der Waals surface area contributed by atoms with E-state index in [0.717, 1.165) is 28.0 Å². The van der Waals surface area contributed by atoms with Crippen LogP contribution in [0.15, 0.2) is 66.3 Å². The molecule has 2 heterocycles. The van der Waals surface area contributed by atoms with Gasteiger partial charge in [-0.2, -0.15) is 0 Å². The van der Waals surface area contributed by atoms with Crippen LogP contribution in [0.1, 0.15) is 35.7 Å². The van der Waals surface area contributed by atoms with Crippen molar-refractivity contribution in [2.45, 2.75) is 19.8 Å². The summed E-state index contributed by atoms with van der Waals surface area (Å²) >= 11 is 6.07. The van der Waals surface area contributed by atoms with Crippen LogP contribution in [0.25, 0.3) is 6.08 Å². The number of carboxylic acids is 1. The number of rotatable bonds is 7. The maximum absolute atomic E-state index is 14.5. The van der Waals surface area contributed by atoms with Crippen molar-refractivity contribution < 1.29 is 53.2 Å². The number of methoxy groups -OCH3 is 2. The molecule has 0 aromatic heterocycles. The Bertz CT molecular complexity index is 2140. The number of imide groups is 2. The zero-order chi connectivity index (χ0) is 37.4. The fourth-order valence-electron chi connectivity index (χ4n) is 8.40. The summed E-state index contributed by atoms with van der Waals surface area (Å²) in [6.07, 6.45) is 5.48. The van der Waals surface area contributed by atoms with Gasteiger partial charge in [-0.1, -0.05) is 35.4 Å². The second kappa shape index (κ2) is 12.5. The van der Waals surface area contributed by atoms with Gasteiger partial charge in [0.25, 0.3) is 0 Å². The second-order valence-electron chi connectivity index (χ2n) is 13.5. The summed E-state index contributed by atoms with van der Waals surface area (Å²) in [5.74, 6) is -9.07. The Kier molecular flexibility index (Phi) is 8.36. The number of anilines is 2. The highest BCUT2D eigenvalue weighted by Gasteiger charge is 2.67. The molecule has 3 fully saturated rings. The number of amides is 4. The Morgan fingerprint density at radius 2 is 1.58 bits per heavy atom. The molecule has 7 rings (SSSR count). The third-order valence-electron chi connectivity index (χ3n) is 11.0. The molecule has 4 amide bonds. The van der Waals surface area contributed by atoms with E-state index in [-0.39, 0.29) is 46.5 Å². The van der Waals surface area contributed by atoms with Crippen molar-refractivity contribution in [3.8, 4) is 23.0 Å². The number of benzene rings is 3. The van der Waals surface area contributed by atoms with Crippen LogP contribution in [0.4, 0.5) is 15.8 Å². The number of carboxylic acid groups (broad SMARTS) is 1. The Morgan fingerprint density at radius 3 is 2.19 bits per heavy atom. The lowest BCUT2D eigenvalue weighted by Gasteiger charge is -2.47. The number of nitrogens with zero attached hydrogens (tertiary/aromatic N) is 2. The summed E-state index contributed by atoms with van der Waals surface area (Å²) in [4.78, 5) is 70.4. The number of halogens is 2. The Hall–Kier alpha value is -5.69. The smallest absolute Gasteiger partial charge is 0.339 e. The predicted molar refractivity (Wildman–Crippen MR) is 185 cm³/mol. The summed E-state index contributed by atoms with van der Waals surface area (Å²) < 4.78 is 24.8. The van der Waals surface area contributed by atoms with Gasteiger partial charge in [-0.05, 0) is 73.7 Å².